The van der Waals surface area contributed by atoms with Gasteiger partial charge in [0.1, 0.15) is 6.10 Å². The maximum absolute atomic E-state index is 12.9. The highest BCUT2D eigenvalue weighted by atomic mass is 16.5. The molecule has 1 aliphatic heterocycles. The summed E-state index contributed by atoms with van der Waals surface area (Å²) in [5.41, 5.74) is 0.677. The second kappa shape index (κ2) is 6.61. The largest absolute Gasteiger partial charge is 0.462 e. The Labute approximate surface area is 127 Å². The summed E-state index contributed by atoms with van der Waals surface area (Å²) in [6.45, 7) is 1.77. The summed E-state index contributed by atoms with van der Waals surface area (Å²) in [6.07, 6.45) is 7.55. The molecule has 0 spiro atoms. The molecular formula is C18H25NO2. The molecule has 0 bridgehead atoms. The zero-order valence-corrected chi connectivity index (χ0v) is 12.6. The van der Waals surface area contributed by atoms with E-state index in [9.17, 15) is 4.79 Å². The van der Waals surface area contributed by atoms with Crippen LogP contribution in [-0.4, -0.2) is 25.2 Å². The topological polar surface area (TPSA) is 38.3 Å². The van der Waals surface area contributed by atoms with Gasteiger partial charge in [0.15, 0.2) is 0 Å². The number of nitrogens with one attached hydrogen (secondary N) is 1. The van der Waals surface area contributed by atoms with E-state index in [2.05, 4.69) is 17.4 Å². The van der Waals surface area contributed by atoms with Gasteiger partial charge in [-0.3, -0.25) is 4.79 Å². The third kappa shape index (κ3) is 3.13. The number of ether oxygens (including phenoxy) is 1. The Morgan fingerprint density at radius 2 is 1.71 bits per heavy atom. The first-order valence-corrected chi connectivity index (χ1v) is 8.29. The normalized spacial score (nSPS) is 22.7. The van der Waals surface area contributed by atoms with Crippen LogP contribution in [0.25, 0.3) is 0 Å². The fraction of sp³-hybridized carbons (Fsp3) is 0.611. The molecule has 3 rings (SSSR count). The molecule has 114 valence electrons. The fourth-order valence-electron chi connectivity index (χ4n) is 3.67. The summed E-state index contributed by atoms with van der Waals surface area (Å²) < 4.78 is 5.92. The van der Waals surface area contributed by atoms with Crippen LogP contribution in [-0.2, 0) is 14.9 Å². The van der Waals surface area contributed by atoms with Gasteiger partial charge >= 0.3 is 5.97 Å². The Morgan fingerprint density at radius 1 is 1.05 bits per heavy atom. The zero-order chi connectivity index (χ0) is 14.5. The number of benzene rings is 1. The molecule has 0 unspecified atom stereocenters. The highest BCUT2D eigenvalue weighted by Gasteiger charge is 2.43. The van der Waals surface area contributed by atoms with Gasteiger partial charge in [-0.2, -0.15) is 0 Å². The van der Waals surface area contributed by atoms with Crippen molar-refractivity contribution in [2.24, 2.45) is 0 Å². The predicted molar refractivity (Wildman–Crippen MR) is 83.2 cm³/mol. The van der Waals surface area contributed by atoms with Crippen molar-refractivity contribution in [3.8, 4) is 0 Å². The van der Waals surface area contributed by atoms with Crippen molar-refractivity contribution in [3.63, 3.8) is 0 Å². The van der Waals surface area contributed by atoms with E-state index in [1.165, 1.54) is 19.3 Å². The third-order valence-corrected chi connectivity index (χ3v) is 5.00. The number of hydrogen-bond acceptors (Lipinski definition) is 3. The molecule has 0 radical (unpaired) electrons. The SMILES string of the molecule is O=C(OC1CCCCC1)C1(c2ccccc2)CCNCC1. The molecule has 21 heavy (non-hydrogen) atoms. The molecule has 0 atom stereocenters. The molecule has 0 aromatic heterocycles. The average Bonchev–Trinajstić information content (AvgIpc) is 2.57. The van der Waals surface area contributed by atoms with Crippen LogP contribution < -0.4 is 5.32 Å². The molecule has 0 amide bonds. The second-order valence-electron chi connectivity index (χ2n) is 6.36. The van der Waals surface area contributed by atoms with Crippen molar-refractivity contribution in [1.29, 1.82) is 0 Å². The van der Waals surface area contributed by atoms with Crippen LogP contribution in [0, 0.1) is 0 Å². The molecule has 3 nitrogen and oxygen atoms in total. The Hall–Kier alpha value is -1.35. The lowest BCUT2D eigenvalue weighted by molar-refractivity contribution is -0.159. The maximum Gasteiger partial charge on any atom is 0.316 e. The van der Waals surface area contributed by atoms with Gasteiger partial charge in [0.05, 0.1) is 5.41 Å². The highest BCUT2D eigenvalue weighted by molar-refractivity contribution is 5.83. The standard InChI is InChI=1S/C18H25NO2/c20-17(21-16-9-5-2-6-10-16)18(11-13-19-14-12-18)15-7-3-1-4-8-15/h1,3-4,7-8,16,19H,2,5-6,9-14H2. The summed E-state index contributed by atoms with van der Waals surface area (Å²) in [5, 5.41) is 3.36. The number of hydrogen-bond donors (Lipinski definition) is 1. The number of esters is 1. The van der Waals surface area contributed by atoms with Gasteiger partial charge in [-0.15, -0.1) is 0 Å². The first kappa shape index (κ1) is 14.6. The summed E-state index contributed by atoms with van der Waals surface area (Å²) in [6, 6.07) is 10.2. The van der Waals surface area contributed by atoms with E-state index in [1.54, 1.807) is 0 Å². The van der Waals surface area contributed by atoms with Gasteiger partial charge in [-0.1, -0.05) is 36.8 Å². The third-order valence-electron chi connectivity index (χ3n) is 5.00. The van der Waals surface area contributed by atoms with Crippen LogP contribution in [0.3, 0.4) is 0 Å². The van der Waals surface area contributed by atoms with Crippen LogP contribution in [0.4, 0.5) is 0 Å². The van der Waals surface area contributed by atoms with E-state index < -0.39 is 5.41 Å². The van der Waals surface area contributed by atoms with Crippen molar-refractivity contribution in [2.75, 3.05) is 13.1 Å². The first-order valence-electron chi connectivity index (χ1n) is 8.29. The lowest BCUT2D eigenvalue weighted by atomic mass is 9.73. The Morgan fingerprint density at radius 3 is 2.38 bits per heavy atom. The number of rotatable bonds is 3. The lowest BCUT2D eigenvalue weighted by Crippen LogP contribution is -2.47. The van der Waals surface area contributed by atoms with Crippen LogP contribution in [0.1, 0.15) is 50.5 Å². The van der Waals surface area contributed by atoms with E-state index in [0.717, 1.165) is 44.3 Å². The maximum atomic E-state index is 12.9. The van der Waals surface area contributed by atoms with Crippen molar-refractivity contribution in [3.05, 3.63) is 35.9 Å². The predicted octanol–water partition coefficient (Wildman–Crippen LogP) is 3.18. The molecule has 2 aliphatic rings. The van der Waals surface area contributed by atoms with E-state index in [0.29, 0.717) is 0 Å². The summed E-state index contributed by atoms with van der Waals surface area (Å²) in [5.74, 6) is 0.00194. The molecule has 1 saturated carbocycles. The smallest absolute Gasteiger partial charge is 0.316 e. The van der Waals surface area contributed by atoms with Gasteiger partial charge in [0, 0.05) is 0 Å². The Bertz CT molecular complexity index is 459. The van der Waals surface area contributed by atoms with Crippen molar-refractivity contribution >= 4 is 5.97 Å². The molecule has 3 heteroatoms. The number of carbonyl (C=O) groups is 1. The lowest BCUT2D eigenvalue weighted by Gasteiger charge is -2.37. The zero-order valence-electron chi connectivity index (χ0n) is 12.6. The van der Waals surface area contributed by atoms with E-state index in [-0.39, 0.29) is 12.1 Å². The minimum Gasteiger partial charge on any atom is -0.462 e. The molecule has 2 fully saturated rings. The van der Waals surface area contributed by atoms with Gasteiger partial charge < -0.3 is 10.1 Å². The molecular weight excluding hydrogens is 262 g/mol. The van der Waals surface area contributed by atoms with Gasteiger partial charge in [0.25, 0.3) is 0 Å². The van der Waals surface area contributed by atoms with E-state index >= 15 is 0 Å². The van der Waals surface area contributed by atoms with Crippen molar-refractivity contribution in [2.45, 2.75) is 56.5 Å². The quantitative estimate of drug-likeness (QED) is 0.868. The monoisotopic (exact) mass is 287 g/mol. The molecule has 1 aliphatic carbocycles. The van der Waals surface area contributed by atoms with Crippen LogP contribution in [0.5, 0.6) is 0 Å². The molecule has 1 N–H and O–H groups in total. The average molecular weight is 287 g/mol. The molecule has 1 saturated heterocycles. The molecule has 1 heterocycles. The number of piperidine rings is 1. The molecule has 1 aromatic carbocycles. The second-order valence-corrected chi connectivity index (χ2v) is 6.36. The van der Waals surface area contributed by atoms with Crippen LogP contribution in [0.15, 0.2) is 30.3 Å². The van der Waals surface area contributed by atoms with Crippen LogP contribution in [0.2, 0.25) is 0 Å². The summed E-state index contributed by atoms with van der Waals surface area (Å²) in [7, 11) is 0. The summed E-state index contributed by atoms with van der Waals surface area (Å²) in [4.78, 5) is 12.9. The van der Waals surface area contributed by atoms with E-state index in [4.69, 9.17) is 4.74 Å². The highest BCUT2D eigenvalue weighted by Crippen LogP contribution is 2.36. The number of carbonyl (C=O) groups excluding carboxylic acids is 1. The van der Waals surface area contributed by atoms with Crippen molar-refractivity contribution < 1.29 is 9.53 Å². The first-order chi connectivity index (χ1) is 10.3. The summed E-state index contributed by atoms with van der Waals surface area (Å²) >= 11 is 0. The Kier molecular flexibility index (Phi) is 4.59. The fourth-order valence-corrected chi connectivity index (χ4v) is 3.67. The Balaban J connectivity index is 1.79. The van der Waals surface area contributed by atoms with Gasteiger partial charge in [-0.05, 0) is 57.2 Å². The van der Waals surface area contributed by atoms with Crippen LogP contribution >= 0.6 is 0 Å². The van der Waals surface area contributed by atoms with Gasteiger partial charge in [0.2, 0.25) is 0 Å². The minimum atomic E-state index is -0.441. The minimum absolute atomic E-state index is 0.00194. The van der Waals surface area contributed by atoms with E-state index in [1.807, 2.05) is 18.2 Å². The van der Waals surface area contributed by atoms with Gasteiger partial charge in [-0.25, -0.2) is 0 Å². The molecule has 1 aromatic rings. The van der Waals surface area contributed by atoms with Crippen molar-refractivity contribution in [1.82, 2.24) is 5.32 Å².